The Balaban J connectivity index is 1.85. The minimum atomic E-state index is 0.273. The largest absolute Gasteiger partial charge is 0.347 e. The summed E-state index contributed by atoms with van der Waals surface area (Å²) >= 11 is 0. The quantitative estimate of drug-likeness (QED) is 0.907. The van der Waals surface area contributed by atoms with E-state index in [1.165, 1.54) is 62.3 Å². The molecule has 1 fully saturated rings. The molecule has 0 aromatic carbocycles. The highest BCUT2D eigenvalue weighted by atomic mass is 15.2. The summed E-state index contributed by atoms with van der Waals surface area (Å²) in [5.74, 6) is 0. The van der Waals surface area contributed by atoms with Crippen molar-refractivity contribution < 1.29 is 0 Å². The van der Waals surface area contributed by atoms with Gasteiger partial charge in [-0.3, -0.25) is 4.90 Å². The number of hydrogen-bond donors (Lipinski definition) is 1. The summed E-state index contributed by atoms with van der Waals surface area (Å²) in [7, 11) is 0. The zero-order valence-corrected chi connectivity index (χ0v) is 12.4. The molecule has 2 N–H and O–H groups in total. The average molecular weight is 261 g/mol. The van der Waals surface area contributed by atoms with E-state index in [0.717, 1.165) is 12.5 Å². The van der Waals surface area contributed by atoms with Gasteiger partial charge in [-0.2, -0.15) is 0 Å². The summed E-state index contributed by atoms with van der Waals surface area (Å²) in [5, 5.41) is 0. The Morgan fingerprint density at radius 1 is 1.32 bits per heavy atom. The number of rotatable bonds is 3. The van der Waals surface area contributed by atoms with Gasteiger partial charge in [0.25, 0.3) is 0 Å². The molecular weight excluding hydrogens is 234 g/mol. The van der Waals surface area contributed by atoms with E-state index in [9.17, 15) is 0 Å². The number of likely N-dealkylation sites (tertiary alicyclic amines) is 1. The SMILES string of the molecule is CCN1CCCC1Cn1c(C)cc2c1CCCC2N. The fraction of sp³-hybridized carbons (Fsp3) is 0.750. The highest BCUT2D eigenvalue weighted by Gasteiger charge is 2.27. The number of nitrogens with zero attached hydrogens (tertiary/aromatic N) is 2. The maximum atomic E-state index is 6.27. The van der Waals surface area contributed by atoms with E-state index in [-0.39, 0.29) is 6.04 Å². The number of aryl methyl sites for hydroxylation is 1. The zero-order valence-electron chi connectivity index (χ0n) is 12.4. The smallest absolute Gasteiger partial charge is 0.0381 e. The third-order valence-corrected chi connectivity index (χ3v) is 5.08. The van der Waals surface area contributed by atoms with Crippen molar-refractivity contribution in [1.29, 1.82) is 0 Å². The molecule has 2 atom stereocenters. The summed E-state index contributed by atoms with van der Waals surface area (Å²) in [6.45, 7) is 8.17. The van der Waals surface area contributed by atoms with Crippen LogP contribution >= 0.6 is 0 Å². The molecule has 2 heterocycles. The zero-order chi connectivity index (χ0) is 13.4. The van der Waals surface area contributed by atoms with Crippen molar-refractivity contribution in [2.45, 2.75) is 64.6 Å². The van der Waals surface area contributed by atoms with Gasteiger partial charge in [-0.25, -0.2) is 0 Å². The molecule has 106 valence electrons. The van der Waals surface area contributed by atoms with Crippen LogP contribution in [0.5, 0.6) is 0 Å². The first kappa shape index (κ1) is 13.2. The third kappa shape index (κ3) is 2.34. The Morgan fingerprint density at radius 2 is 2.16 bits per heavy atom. The number of hydrogen-bond acceptors (Lipinski definition) is 2. The fourth-order valence-corrected chi connectivity index (χ4v) is 3.98. The Labute approximate surface area is 116 Å². The van der Waals surface area contributed by atoms with E-state index in [2.05, 4.69) is 29.4 Å². The molecule has 1 aliphatic carbocycles. The molecule has 3 heteroatoms. The molecule has 0 radical (unpaired) electrons. The van der Waals surface area contributed by atoms with E-state index in [4.69, 9.17) is 5.73 Å². The van der Waals surface area contributed by atoms with Crippen molar-refractivity contribution in [3.8, 4) is 0 Å². The summed E-state index contributed by atoms with van der Waals surface area (Å²) in [6, 6.07) is 3.35. The van der Waals surface area contributed by atoms with E-state index in [1.807, 2.05) is 0 Å². The van der Waals surface area contributed by atoms with Crippen LogP contribution in [-0.2, 0) is 13.0 Å². The lowest BCUT2D eigenvalue weighted by Gasteiger charge is -2.27. The highest BCUT2D eigenvalue weighted by Crippen LogP contribution is 2.32. The minimum Gasteiger partial charge on any atom is -0.347 e. The predicted molar refractivity (Wildman–Crippen MR) is 79.3 cm³/mol. The first-order valence-electron chi connectivity index (χ1n) is 7.89. The van der Waals surface area contributed by atoms with Gasteiger partial charge in [-0.1, -0.05) is 6.92 Å². The highest BCUT2D eigenvalue weighted by molar-refractivity contribution is 5.32. The van der Waals surface area contributed by atoms with Crippen LogP contribution in [0.15, 0.2) is 6.07 Å². The summed E-state index contributed by atoms with van der Waals surface area (Å²) in [5.41, 5.74) is 10.6. The average Bonchev–Trinajstić information content (AvgIpc) is 2.97. The van der Waals surface area contributed by atoms with Gasteiger partial charge in [0, 0.05) is 30.0 Å². The van der Waals surface area contributed by atoms with E-state index in [0.29, 0.717) is 0 Å². The topological polar surface area (TPSA) is 34.2 Å². The number of likely N-dealkylation sites (N-methyl/N-ethyl adjacent to an activating group) is 1. The Morgan fingerprint density at radius 3 is 2.95 bits per heavy atom. The lowest BCUT2D eigenvalue weighted by atomic mass is 9.93. The lowest BCUT2D eigenvalue weighted by Crippen LogP contribution is -2.33. The molecule has 0 spiro atoms. The molecule has 2 aliphatic rings. The van der Waals surface area contributed by atoms with E-state index >= 15 is 0 Å². The third-order valence-electron chi connectivity index (χ3n) is 5.08. The van der Waals surface area contributed by atoms with Crippen LogP contribution in [0.4, 0.5) is 0 Å². The molecule has 0 saturated carbocycles. The molecule has 0 bridgehead atoms. The second kappa shape index (κ2) is 5.29. The van der Waals surface area contributed by atoms with Crippen molar-refractivity contribution >= 4 is 0 Å². The van der Waals surface area contributed by atoms with Crippen molar-refractivity contribution in [1.82, 2.24) is 9.47 Å². The van der Waals surface area contributed by atoms with Crippen LogP contribution in [0.25, 0.3) is 0 Å². The molecule has 1 aromatic heterocycles. The number of nitrogens with two attached hydrogens (primary N) is 1. The monoisotopic (exact) mass is 261 g/mol. The summed E-state index contributed by atoms with van der Waals surface area (Å²) < 4.78 is 2.56. The van der Waals surface area contributed by atoms with Gasteiger partial charge in [0.2, 0.25) is 0 Å². The van der Waals surface area contributed by atoms with E-state index < -0.39 is 0 Å². The van der Waals surface area contributed by atoms with Crippen molar-refractivity contribution in [3.63, 3.8) is 0 Å². The second-order valence-electron chi connectivity index (χ2n) is 6.22. The van der Waals surface area contributed by atoms with Crippen LogP contribution in [-0.4, -0.2) is 28.6 Å². The second-order valence-corrected chi connectivity index (χ2v) is 6.22. The molecule has 0 amide bonds. The first-order chi connectivity index (χ1) is 9.20. The van der Waals surface area contributed by atoms with Crippen LogP contribution in [0.2, 0.25) is 0 Å². The molecular formula is C16H27N3. The maximum absolute atomic E-state index is 6.27. The lowest BCUT2D eigenvalue weighted by molar-refractivity contribution is 0.241. The van der Waals surface area contributed by atoms with Crippen molar-refractivity contribution in [2.75, 3.05) is 13.1 Å². The van der Waals surface area contributed by atoms with Crippen LogP contribution in [0.1, 0.15) is 55.6 Å². The van der Waals surface area contributed by atoms with Gasteiger partial charge < -0.3 is 10.3 Å². The van der Waals surface area contributed by atoms with Crippen LogP contribution in [0.3, 0.4) is 0 Å². The van der Waals surface area contributed by atoms with Gasteiger partial charge in [0.05, 0.1) is 0 Å². The fourth-order valence-electron chi connectivity index (χ4n) is 3.98. The molecule has 19 heavy (non-hydrogen) atoms. The Bertz CT molecular complexity index is 449. The molecule has 3 rings (SSSR count). The van der Waals surface area contributed by atoms with Gasteiger partial charge >= 0.3 is 0 Å². The first-order valence-corrected chi connectivity index (χ1v) is 7.89. The minimum absolute atomic E-state index is 0.273. The standard InChI is InChI=1S/C16H27N3/c1-3-18-9-5-6-13(18)11-19-12(2)10-14-15(17)7-4-8-16(14)19/h10,13,15H,3-9,11,17H2,1-2H3. The van der Waals surface area contributed by atoms with E-state index in [1.54, 1.807) is 0 Å². The Hall–Kier alpha value is -0.800. The van der Waals surface area contributed by atoms with Crippen molar-refractivity contribution in [2.24, 2.45) is 5.73 Å². The van der Waals surface area contributed by atoms with Crippen LogP contribution in [0, 0.1) is 6.92 Å². The predicted octanol–water partition coefficient (Wildman–Crippen LogP) is 2.62. The molecule has 1 aliphatic heterocycles. The molecule has 3 nitrogen and oxygen atoms in total. The summed E-state index contributed by atoms with van der Waals surface area (Å²) in [6.07, 6.45) is 6.34. The molecule has 1 saturated heterocycles. The maximum Gasteiger partial charge on any atom is 0.0381 e. The molecule has 2 unspecified atom stereocenters. The molecule has 1 aromatic rings. The van der Waals surface area contributed by atoms with Gasteiger partial charge in [0.1, 0.15) is 0 Å². The number of fused-ring (bicyclic) bond motifs is 1. The summed E-state index contributed by atoms with van der Waals surface area (Å²) in [4.78, 5) is 2.63. The van der Waals surface area contributed by atoms with Crippen LogP contribution < -0.4 is 5.73 Å². The number of aromatic nitrogens is 1. The normalized spacial score (nSPS) is 27.7. The van der Waals surface area contributed by atoms with Gasteiger partial charge in [0.15, 0.2) is 0 Å². The van der Waals surface area contributed by atoms with Gasteiger partial charge in [-0.05, 0) is 63.7 Å². The Kier molecular flexibility index (Phi) is 3.68. The van der Waals surface area contributed by atoms with Gasteiger partial charge in [-0.15, -0.1) is 0 Å². The van der Waals surface area contributed by atoms with Crippen molar-refractivity contribution in [3.05, 3.63) is 23.0 Å².